The van der Waals surface area contributed by atoms with Gasteiger partial charge in [0, 0.05) is 13.0 Å². The molecule has 0 aromatic heterocycles. The maximum atomic E-state index is 13.8. The number of hydrogen-bond donors (Lipinski definition) is 1. The average molecular weight is 346 g/mol. The number of hydrogen-bond acceptors (Lipinski definition) is 4. The highest BCUT2D eigenvalue weighted by Crippen LogP contribution is 2.23. The first-order valence-electron chi connectivity index (χ1n) is 6.91. The zero-order chi connectivity index (χ0) is 17.2. The van der Waals surface area contributed by atoms with Crippen LogP contribution in [0.1, 0.15) is 13.3 Å². The van der Waals surface area contributed by atoms with Crippen molar-refractivity contribution in [3.8, 4) is 0 Å². The molecule has 2 amide bonds. The first-order chi connectivity index (χ1) is 10.7. The van der Waals surface area contributed by atoms with Crippen LogP contribution >= 0.6 is 0 Å². The first kappa shape index (κ1) is 17.3. The molecular formula is C14H16F2N2O4S. The molecule has 0 spiro atoms. The molecule has 1 aliphatic heterocycles. The number of carbonyl (C=O) groups is 2. The third-order valence-electron chi connectivity index (χ3n) is 3.49. The van der Waals surface area contributed by atoms with Gasteiger partial charge in [-0.2, -0.15) is 0 Å². The molecule has 1 heterocycles. The van der Waals surface area contributed by atoms with Crippen LogP contribution in [-0.4, -0.2) is 44.3 Å². The molecular weight excluding hydrogens is 330 g/mol. The summed E-state index contributed by atoms with van der Waals surface area (Å²) in [6.45, 7) is 0.489. The number of carbonyl (C=O) groups excluding carboxylic acids is 2. The van der Waals surface area contributed by atoms with Crippen LogP contribution in [0.4, 0.5) is 14.5 Å². The Kier molecular flexibility index (Phi) is 4.98. The Morgan fingerprint density at radius 2 is 1.91 bits per heavy atom. The minimum atomic E-state index is -3.17. The number of para-hydroxylation sites is 1. The van der Waals surface area contributed by atoms with Crippen LogP contribution in [-0.2, 0) is 19.4 Å². The second kappa shape index (κ2) is 6.61. The standard InChI is InChI=1S/C14H16F2N2O4S/c1-9(19)18(14-11(15)3-2-4-12(14)16)7-13(20)17-10-5-6-23(21,22)8-10/h2-4,10H,5-8H2,1H3,(H,17,20). The number of benzene rings is 1. The second-order valence-electron chi connectivity index (χ2n) is 5.34. The van der Waals surface area contributed by atoms with E-state index in [0.29, 0.717) is 4.90 Å². The summed E-state index contributed by atoms with van der Waals surface area (Å²) >= 11 is 0. The van der Waals surface area contributed by atoms with Crippen molar-refractivity contribution in [2.45, 2.75) is 19.4 Å². The van der Waals surface area contributed by atoms with Gasteiger partial charge < -0.3 is 5.32 Å². The van der Waals surface area contributed by atoms with Crippen molar-refractivity contribution in [3.63, 3.8) is 0 Å². The number of nitrogens with zero attached hydrogens (tertiary/aromatic N) is 1. The number of anilines is 1. The van der Waals surface area contributed by atoms with Gasteiger partial charge in [-0.25, -0.2) is 17.2 Å². The topological polar surface area (TPSA) is 83.6 Å². The van der Waals surface area contributed by atoms with Gasteiger partial charge in [0.05, 0.1) is 11.5 Å². The van der Waals surface area contributed by atoms with E-state index in [-0.39, 0.29) is 17.9 Å². The SMILES string of the molecule is CC(=O)N(CC(=O)NC1CCS(=O)(=O)C1)c1c(F)cccc1F. The minimum absolute atomic E-state index is 0.0175. The first-order valence-corrected chi connectivity index (χ1v) is 8.73. The smallest absolute Gasteiger partial charge is 0.240 e. The normalized spacial score (nSPS) is 19.3. The Labute approximate surface area is 132 Å². The van der Waals surface area contributed by atoms with Crippen molar-refractivity contribution >= 4 is 27.3 Å². The maximum absolute atomic E-state index is 13.8. The third-order valence-corrected chi connectivity index (χ3v) is 5.25. The molecule has 1 N–H and O–H groups in total. The molecule has 1 saturated heterocycles. The lowest BCUT2D eigenvalue weighted by atomic mass is 10.2. The van der Waals surface area contributed by atoms with Crippen LogP contribution in [0.25, 0.3) is 0 Å². The highest BCUT2D eigenvalue weighted by Gasteiger charge is 2.30. The molecule has 1 unspecified atom stereocenters. The van der Waals surface area contributed by atoms with E-state index in [1.165, 1.54) is 0 Å². The molecule has 0 aliphatic carbocycles. The van der Waals surface area contributed by atoms with E-state index in [2.05, 4.69) is 5.32 Å². The summed E-state index contributed by atoms with van der Waals surface area (Å²) in [7, 11) is -3.17. The zero-order valence-corrected chi connectivity index (χ0v) is 13.2. The molecule has 9 heteroatoms. The molecule has 23 heavy (non-hydrogen) atoms. The van der Waals surface area contributed by atoms with Crippen molar-refractivity contribution in [1.82, 2.24) is 5.32 Å². The fraction of sp³-hybridized carbons (Fsp3) is 0.429. The molecule has 0 radical (unpaired) electrons. The Bertz CT molecular complexity index is 716. The Morgan fingerprint density at radius 1 is 1.30 bits per heavy atom. The predicted octanol–water partition coefficient (Wildman–Crippen LogP) is 0.621. The van der Waals surface area contributed by atoms with Crippen LogP contribution in [0.5, 0.6) is 0 Å². The zero-order valence-electron chi connectivity index (χ0n) is 12.4. The molecule has 6 nitrogen and oxygen atoms in total. The van der Waals surface area contributed by atoms with Gasteiger partial charge in [0.15, 0.2) is 9.84 Å². The van der Waals surface area contributed by atoms with Gasteiger partial charge in [-0.15, -0.1) is 0 Å². The van der Waals surface area contributed by atoms with Gasteiger partial charge >= 0.3 is 0 Å². The molecule has 1 aliphatic rings. The quantitative estimate of drug-likeness (QED) is 0.866. The lowest BCUT2D eigenvalue weighted by molar-refractivity contribution is -0.123. The third kappa shape index (κ3) is 4.25. The summed E-state index contributed by atoms with van der Waals surface area (Å²) in [6, 6.07) is 2.56. The summed E-state index contributed by atoms with van der Waals surface area (Å²) in [5, 5.41) is 2.47. The fourth-order valence-corrected chi connectivity index (χ4v) is 4.09. The van der Waals surface area contributed by atoms with Crippen LogP contribution in [0.3, 0.4) is 0 Å². The highest BCUT2D eigenvalue weighted by atomic mass is 32.2. The van der Waals surface area contributed by atoms with E-state index in [4.69, 9.17) is 0 Å². The van der Waals surface area contributed by atoms with Crippen LogP contribution in [0.15, 0.2) is 18.2 Å². The van der Waals surface area contributed by atoms with Crippen molar-refractivity contribution in [2.75, 3.05) is 23.0 Å². The van der Waals surface area contributed by atoms with Crippen molar-refractivity contribution in [3.05, 3.63) is 29.8 Å². The molecule has 126 valence electrons. The number of rotatable bonds is 4. The highest BCUT2D eigenvalue weighted by molar-refractivity contribution is 7.91. The number of nitrogens with one attached hydrogen (secondary N) is 1. The number of sulfone groups is 1. The number of halogens is 2. The van der Waals surface area contributed by atoms with Crippen LogP contribution in [0, 0.1) is 11.6 Å². The molecule has 1 fully saturated rings. The van der Waals surface area contributed by atoms with E-state index in [1.807, 2.05) is 0 Å². The van der Waals surface area contributed by atoms with E-state index < -0.39 is 51.6 Å². The Balaban J connectivity index is 2.11. The van der Waals surface area contributed by atoms with Gasteiger partial charge in [0.1, 0.15) is 23.9 Å². The lowest BCUT2D eigenvalue weighted by Gasteiger charge is -2.22. The van der Waals surface area contributed by atoms with E-state index in [1.54, 1.807) is 0 Å². The Hall–Kier alpha value is -2.03. The van der Waals surface area contributed by atoms with Gasteiger partial charge in [-0.3, -0.25) is 14.5 Å². The molecule has 1 atom stereocenters. The molecule has 0 saturated carbocycles. The van der Waals surface area contributed by atoms with Gasteiger partial charge in [-0.1, -0.05) is 6.07 Å². The maximum Gasteiger partial charge on any atom is 0.240 e. The summed E-state index contributed by atoms with van der Waals surface area (Å²) in [4.78, 5) is 24.3. The minimum Gasteiger partial charge on any atom is -0.351 e. The summed E-state index contributed by atoms with van der Waals surface area (Å²) in [6.07, 6.45) is 0.280. The molecule has 1 aromatic rings. The van der Waals surface area contributed by atoms with Gasteiger partial charge in [0.25, 0.3) is 0 Å². The fourth-order valence-electron chi connectivity index (χ4n) is 2.42. The van der Waals surface area contributed by atoms with Crippen molar-refractivity contribution in [1.29, 1.82) is 0 Å². The summed E-state index contributed by atoms with van der Waals surface area (Å²) in [5.74, 6) is -3.50. The van der Waals surface area contributed by atoms with E-state index in [9.17, 15) is 26.8 Å². The van der Waals surface area contributed by atoms with Crippen LogP contribution < -0.4 is 10.2 Å². The molecule has 0 bridgehead atoms. The molecule has 2 rings (SSSR count). The second-order valence-corrected chi connectivity index (χ2v) is 7.57. The summed E-state index contributed by atoms with van der Waals surface area (Å²) < 4.78 is 50.2. The summed E-state index contributed by atoms with van der Waals surface area (Å²) in [5.41, 5.74) is -0.603. The largest absolute Gasteiger partial charge is 0.351 e. The number of amides is 2. The van der Waals surface area contributed by atoms with Crippen LogP contribution in [0.2, 0.25) is 0 Å². The van der Waals surface area contributed by atoms with Gasteiger partial charge in [0.2, 0.25) is 11.8 Å². The van der Waals surface area contributed by atoms with E-state index in [0.717, 1.165) is 25.1 Å². The predicted molar refractivity (Wildman–Crippen MR) is 79.6 cm³/mol. The Morgan fingerprint density at radius 3 is 2.39 bits per heavy atom. The van der Waals surface area contributed by atoms with E-state index >= 15 is 0 Å². The molecule has 1 aromatic carbocycles. The van der Waals surface area contributed by atoms with Crippen molar-refractivity contribution in [2.24, 2.45) is 0 Å². The van der Waals surface area contributed by atoms with Crippen molar-refractivity contribution < 1.29 is 26.8 Å². The lowest BCUT2D eigenvalue weighted by Crippen LogP contribution is -2.44. The average Bonchev–Trinajstić information content (AvgIpc) is 2.76. The monoisotopic (exact) mass is 346 g/mol. The van der Waals surface area contributed by atoms with Gasteiger partial charge in [-0.05, 0) is 18.6 Å².